The van der Waals surface area contributed by atoms with Gasteiger partial charge in [0, 0.05) is 4.47 Å². The first-order valence-corrected chi connectivity index (χ1v) is 6.88. The van der Waals surface area contributed by atoms with Crippen molar-refractivity contribution in [3.05, 3.63) is 28.5 Å². The third-order valence-corrected chi connectivity index (χ3v) is 4.12. The molecule has 1 amide bonds. The molecule has 0 saturated carbocycles. The van der Waals surface area contributed by atoms with E-state index in [9.17, 15) is 9.18 Å². The van der Waals surface area contributed by atoms with Crippen LogP contribution in [0.4, 0.5) is 10.1 Å². The van der Waals surface area contributed by atoms with Gasteiger partial charge in [0.25, 0.3) is 0 Å². The molecule has 1 aromatic rings. The summed E-state index contributed by atoms with van der Waals surface area (Å²) in [7, 11) is 0. The Labute approximate surface area is 114 Å². The minimum Gasteiger partial charge on any atom is -0.323 e. The lowest BCUT2D eigenvalue weighted by Crippen LogP contribution is -2.50. The fraction of sp³-hybridized carbons (Fsp3) is 0.462. The van der Waals surface area contributed by atoms with Crippen molar-refractivity contribution in [1.82, 2.24) is 5.32 Å². The zero-order chi connectivity index (χ0) is 13.2. The second-order valence-electron chi connectivity index (χ2n) is 4.54. The molecule has 0 aromatic heterocycles. The summed E-state index contributed by atoms with van der Waals surface area (Å²) in [6.07, 6.45) is 2.59. The molecule has 0 radical (unpaired) electrons. The second-order valence-corrected chi connectivity index (χ2v) is 5.40. The van der Waals surface area contributed by atoms with Crippen LogP contribution < -0.4 is 10.6 Å². The van der Waals surface area contributed by atoms with Gasteiger partial charge in [-0.15, -0.1) is 0 Å². The fourth-order valence-corrected chi connectivity index (χ4v) is 2.75. The molecule has 1 unspecified atom stereocenters. The predicted molar refractivity (Wildman–Crippen MR) is 73.0 cm³/mol. The summed E-state index contributed by atoms with van der Waals surface area (Å²) in [5, 5.41) is 6.13. The number of hydrogen-bond acceptors (Lipinski definition) is 2. The van der Waals surface area contributed by atoms with Crippen LogP contribution in [0, 0.1) is 5.82 Å². The summed E-state index contributed by atoms with van der Waals surface area (Å²) < 4.78 is 13.5. The van der Waals surface area contributed by atoms with Gasteiger partial charge in [0.15, 0.2) is 0 Å². The number of benzene rings is 1. The molecule has 1 aliphatic rings. The van der Waals surface area contributed by atoms with Gasteiger partial charge in [-0.1, -0.05) is 6.92 Å². The number of halogens is 2. The normalized spacial score (nSPS) is 23.1. The fourth-order valence-electron chi connectivity index (χ4n) is 2.30. The molecule has 5 heteroatoms. The predicted octanol–water partition coefficient (Wildman–Crippen LogP) is 3.06. The molecular formula is C13H16BrFN2O. The largest absolute Gasteiger partial charge is 0.323 e. The molecule has 2 N–H and O–H groups in total. The number of anilines is 1. The third-order valence-electron chi connectivity index (χ3n) is 3.46. The first-order chi connectivity index (χ1) is 8.57. The lowest BCUT2D eigenvalue weighted by molar-refractivity contribution is -0.122. The molecule has 18 heavy (non-hydrogen) atoms. The van der Waals surface area contributed by atoms with Crippen molar-refractivity contribution in [2.24, 2.45) is 0 Å². The summed E-state index contributed by atoms with van der Waals surface area (Å²) in [4.78, 5) is 12.3. The van der Waals surface area contributed by atoms with E-state index in [1.54, 1.807) is 6.07 Å². The first kappa shape index (κ1) is 13.5. The lowest BCUT2D eigenvalue weighted by atomic mass is 9.93. The van der Waals surface area contributed by atoms with Crippen molar-refractivity contribution in [2.45, 2.75) is 31.7 Å². The first-order valence-electron chi connectivity index (χ1n) is 6.09. The molecule has 1 saturated heterocycles. The van der Waals surface area contributed by atoms with E-state index in [0.29, 0.717) is 10.2 Å². The summed E-state index contributed by atoms with van der Waals surface area (Å²) in [5.74, 6) is -0.376. The average Bonchev–Trinajstić information content (AvgIpc) is 2.82. The molecule has 0 aliphatic carbocycles. The number of rotatable bonds is 3. The maximum Gasteiger partial charge on any atom is 0.244 e. The molecule has 1 fully saturated rings. The van der Waals surface area contributed by atoms with Gasteiger partial charge in [-0.25, -0.2) is 4.39 Å². The van der Waals surface area contributed by atoms with Crippen molar-refractivity contribution in [2.75, 3.05) is 11.9 Å². The Bertz CT molecular complexity index is 458. The Morgan fingerprint density at radius 1 is 1.61 bits per heavy atom. The van der Waals surface area contributed by atoms with Crippen LogP contribution in [0.1, 0.15) is 26.2 Å². The molecule has 3 nitrogen and oxygen atoms in total. The number of amides is 1. The van der Waals surface area contributed by atoms with Crippen LogP contribution in [0.2, 0.25) is 0 Å². The van der Waals surface area contributed by atoms with E-state index in [4.69, 9.17) is 0 Å². The summed E-state index contributed by atoms with van der Waals surface area (Å²) >= 11 is 3.25. The van der Waals surface area contributed by atoms with Crippen LogP contribution in [0.5, 0.6) is 0 Å². The monoisotopic (exact) mass is 314 g/mol. The van der Waals surface area contributed by atoms with Crippen LogP contribution in [0.15, 0.2) is 22.7 Å². The standard InChI is InChI=1S/C13H16BrFN2O/c1-2-13(6-3-7-16-13)12(18)17-11-5-4-9(15)8-10(11)14/h4-5,8,16H,2-3,6-7H2,1H3,(H,17,18). The van der Waals surface area contributed by atoms with E-state index < -0.39 is 5.54 Å². The van der Waals surface area contributed by atoms with Gasteiger partial charge in [0.05, 0.1) is 11.2 Å². The molecule has 1 aliphatic heterocycles. The van der Waals surface area contributed by atoms with Crippen molar-refractivity contribution in [3.8, 4) is 0 Å². The highest BCUT2D eigenvalue weighted by molar-refractivity contribution is 9.10. The highest BCUT2D eigenvalue weighted by atomic mass is 79.9. The molecule has 0 spiro atoms. The maximum absolute atomic E-state index is 13.0. The Morgan fingerprint density at radius 3 is 2.94 bits per heavy atom. The number of hydrogen-bond donors (Lipinski definition) is 2. The van der Waals surface area contributed by atoms with Crippen molar-refractivity contribution >= 4 is 27.5 Å². The third kappa shape index (κ3) is 2.57. The van der Waals surface area contributed by atoms with Crippen molar-refractivity contribution in [3.63, 3.8) is 0 Å². The Kier molecular flexibility index (Phi) is 4.02. The van der Waals surface area contributed by atoms with E-state index >= 15 is 0 Å². The Hall–Kier alpha value is -0.940. The van der Waals surface area contributed by atoms with Gasteiger partial charge >= 0.3 is 0 Å². The van der Waals surface area contributed by atoms with Gasteiger partial charge in [-0.2, -0.15) is 0 Å². The maximum atomic E-state index is 13.0. The molecule has 1 atom stereocenters. The van der Waals surface area contributed by atoms with Crippen LogP contribution >= 0.6 is 15.9 Å². The van der Waals surface area contributed by atoms with E-state index in [1.165, 1.54) is 12.1 Å². The highest BCUT2D eigenvalue weighted by Gasteiger charge is 2.39. The number of carbonyl (C=O) groups is 1. The van der Waals surface area contributed by atoms with Gasteiger partial charge in [0.2, 0.25) is 5.91 Å². The molecule has 98 valence electrons. The quantitative estimate of drug-likeness (QED) is 0.900. The van der Waals surface area contributed by atoms with Gasteiger partial charge < -0.3 is 10.6 Å². The van der Waals surface area contributed by atoms with Crippen LogP contribution in [-0.4, -0.2) is 18.0 Å². The Morgan fingerprint density at radius 2 is 2.39 bits per heavy atom. The molecular weight excluding hydrogens is 299 g/mol. The number of nitrogens with one attached hydrogen (secondary N) is 2. The second kappa shape index (κ2) is 5.36. The smallest absolute Gasteiger partial charge is 0.244 e. The van der Waals surface area contributed by atoms with E-state index in [1.807, 2.05) is 6.92 Å². The van der Waals surface area contributed by atoms with Crippen LogP contribution in [0.25, 0.3) is 0 Å². The summed E-state index contributed by atoms with van der Waals surface area (Å²) in [6, 6.07) is 4.24. The van der Waals surface area contributed by atoms with Crippen LogP contribution in [0.3, 0.4) is 0 Å². The van der Waals surface area contributed by atoms with Gasteiger partial charge in [-0.05, 0) is 59.9 Å². The number of carbonyl (C=O) groups excluding carboxylic acids is 1. The minimum atomic E-state index is -0.478. The highest BCUT2D eigenvalue weighted by Crippen LogP contribution is 2.28. The molecule has 1 aromatic carbocycles. The lowest BCUT2D eigenvalue weighted by Gasteiger charge is -2.26. The van der Waals surface area contributed by atoms with E-state index in [-0.39, 0.29) is 11.7 Å². The average molecular weight is 315 g/mol. The minimum absolute atomic E-state index is 0.0465. The van der Waals surface area contributed by atoms with E-state index in [0.717, 1.165) is 25.8 Å². The zero-order valence-electron chi connectivity index (χ0n) is 10.2. The topological polar surface area (TPSA) is 41.1 Å². The van der Waals surface area contributed by atoms with Gasteiger partial charge in [0.1, 0.15) is 5.82 Å². The summed E-state index contributed by atoms with van der Waals surface area (Å²) in [6.45, 7) is 2.86. The SMILES string of the molecule is CCC1(C(=O)Nc2ccc(F)cc2Br)CCCN1. The molecule has 1 heterocycles. The van der Waals surface area contributed by atoms with Crippen molar-refractivity contribution < 1.29 is 9.18 Å². The van der Waals surface area contributed by atoms with E-state index in [2.05, 4.69) is 26.6 Å². The zero-order valence-corrected chi connectivity index (χ0v) is 11.8. The molecule has 2 rings (SSSR count). The molecule has 0 bridgehead atoms. The van der Waals surface area contributed by atoms with Gasteiger partial charge in [-0.3, -0.25) is 4.79 Å². The summed E-state index contributed by atoms with van der Waals surface area (Å²) in [5.41, 5.74) is 0.122. The Balaban J connectivity index is 2.15. The van der Waals surface area contributed by atoms with Crippen LogP contribution in [-0.2, 0) is 4.79 Å². The van der Waals surface area contributed by atoms with Crippen molar-refractivity contribution in [1.29, 1.82) is 0 Å².